The van der Waals surface area contributed by atoms with E-state index in [9.17, 15) is 13.2 Å². The lowest BCUT2D eigenvalue weighted by atomic mass is 10.2. The Morgan fingerprint density at radius 3 is 2.68 bits per heavy atom. The molecule has 0 fully saturated rings. The lowest BCUT2D eigenvalue weighted by molar-refractivity contribution is 0.256. The van der Waals surface area contributed by atoms with E-state index in [1.165, 1.54) is 6.07 Å². The van der Waals surface area contributed by atoms with E-state index in [0.29, 0.717) is 12.1 Å². The van der Waals surface area contributed by atoms with Crippen molar-refractivity contribution in [2.45, 2.75) is 24.5 Å². The number of nitrogens with zero attached hydrogens (tertiary/aromatic N) is 2. The number of sulfonamides is 1. The van der Waals surface area contributed by atoms with Crippen LogP contribution in [0.5, 0.6) is 0 Å². The Balaban J connectivity index is 2.13. The third kappa shape index (κ3) is 3.73. The average Bonchev–Trinajstić information content (AvgIpc) is 2.91. The van der Waals surface area contributed by atoms with E-state index in [1.807, 2.05) is 11.6 Å². The number of halogens is 1. The zero-order valence-corrected chi connectivity index (χ0v) is 14.1. The molecule has 0 radical (unpaired) electrons. The molecule has 2 aromatic rings. The Hall–Kier alpha value is -1.71. The fourth-order valence-corrected chi connectivity index (χ4v) is 3.99. The van der Waals surface area contributed by atoms with E-state index in [2.05, 4.69) is 15.3 Å². The Morgan fingerprint density at radius 2 is 2.14 bits per heavy atom. The number of carbonyl (C=O) groups excluding carboxylic acids is 1. The number of thiophene rings is 1. The highest BCUT2D eigenvalue weighted by atomic mass is 35.5. The smallest absolute Gasteiger partial charge is 0.275 e. The van der Waals surface area contributed by atoms with Crippen molar-refractivity contribution in [3.63, 3.8) is 0 Å². The number of nitrogens with one attached hydrogen (secondary N) is 2. The maximum atomic E-state index is 11.9. The van der Waals surface area contributed by atoms with Crippen LogP contribution in [0.2, 0.25) is 5.15 Å². The summed E-state index contributed by atoms with van der Waals surface area (Å²) in [5.41, 5.74) is 1.40. The molecule has 0 aliphatic heterocycles. The first-order valence-electron chi connectivity index (χ1n) is 6.23. The molecule has 0 spiro atoms. The first-order valence-corrected chi connectivity index (χ1v) is 8.98. The molecule has 0 unspecified atom stereocenters. The predicted molar refractivity (Wildman–Crippen MR) is 84.8 cm³/mol. The number of aromatic nitrogens is 2. The minimum Gasteiger partial charge on any atom is -0.275 e. The molecule has 7 nitrogen and oxygen atoms in total. The highest BCUT2D eigenvalue weighted by Crippen LogP contribution is 2.19. The number of amides is 2. The van der Waals surface area contributed by atoms with Crippen LogP contribution < -0.4 is 10.0 Å². The van der Waals surface area contributed by atoms with Crippen molar-refractivity contribution in [2.75, 3.05) is 5.32 Å². The Kier molecular flexibility index (Phi) is 4.99. The number of aryl methyl sites for hydroxylation is 1. The molecule has 118 valence electrons. The van der Waals surface area contributed by atoms with E-state index in [4.69, 9.17) is 11.6 Å². The van der Waals surface area contributed by atoms with Gasteiger partial charge in [0.05, 0.1) is 0 Å². The van der Waals surface area contributed by atoms with Crippen LogP contribution in [-0.4, -0.2) is 24.4 Å². The minimum atomic E-state index is -3.90. The van der Waals surface area contributed by atoms with Gasteiger partial charge in [0.25, 0.3) is 10.0 Å². The zero-order chi connectivity index (χ0) is 16.3. The Labute approximate surface area is 136 Å². The minimum absolute atomic E-state index is 0.0408. The quantitative estimate of drug-likeness (QED) is 0.816. The summed E-state index contributed by atoms with van der Waals surface area (Å²) >= 11 is 7.00. The summed E-state index contributed by atoms with van der Waals surface area (Å²) in [6, 6.07) is 2.02. The molecule has 2 rings (SSSR count). The van der Waals surface area contributed by atoms with Gasteiger partial charge in [-0.25, -0.2) is 27.9 Å². The highest BCUT2D eigenvalue weighted by molar-refractivity contribution is 7.92. The molecule has 2 heterocycles. The lowest BCUT2D eigenvalue weighted by Crippen LogP contribution is -2.34. The summed E-state index contributed by atoms with van der Waals surface area (Å²) in [6.07, 6.45) is 0.657. The molecule has 0 aliphatic rings. The molecule has 0 aromatic carbocycles. The van der Waals surface area contributed by atoms with Crippen LogP contribution in [-0.2, 0) is 16.4 Å². The first kappa shape index (κ1) is 16.7. The monoisotopic (exact) mass is 360 g/mol. The molecular formula is C12H13ClN4O3S2. The van der Waals surface area contributed by atoms with Crippen LogP contribution >= 0.6 is 22.9 Å². The molecular weight excluding hydrogens is 348 g/mol. The van der Waals surface area contributed by atoms with Gasteiger partial charge in [-0.05, 0) is 24.8 Å². The van der Waals surface area contributed by atoms with Crippen LogP contribution in [0.1, 0.15) is 18.2 Å². The standard InChI is InChI=1S/C12H13ClN4O3S2/c1-3-8-7(2)14-11(15-10(8)13)16-12(18)17-22(19,20)9-5-4-6-21-9/h4-6H,3H2,1-2H3,(H2,14,15,16,17,18). The van der Waals surface area contributed by atoms with Crippen LogP contribution in [0.25, 0.3) is 0 Å². The summed E-state index contributed by atoms with van der Waals surface area (Å²) in [7, 11) is -3.90. The Bertz CT molecular complexity index is 768. The average molecular weight is 361 g/mol. The molecule has 0 aliphatic carbocycles. The van der Waals surface area contributed by atoms with Gasteiger partial charge in [-0.15, -0.1) is 11.3 Å². The van der Waals surface area contributed by atoms with Crippen LogP contribution in [0.4, 0.5) is 10.7 Å². The topological polar surface area (TPSA) is 101 Å². The van der Waals surface area contributed by atoms with Gasteiger partial charge in [-0.2, -0.15) is 0 Å². The molecule has 2 aromatic heterocycles. The summed E-state index contributed by atoms with van der Waals surface area (Å²) in [6.45, 7) is 3.64. The summed E-state index contributed by atoms with van der Waals surface area (Å²) in [4.78, 5) is 19.8. The van der Waals surface area contributed by atoms with Gasteiger partial charge in [0.2, 0.25) is 5.95 Å². The Morgan fingerprint density at radius 1 is 1.41 bits per heavy atom. The van der Waals surface area contributed by atoms with Crippen LogP contribution in [0.3, 0.4) is 0 Å². The maximum absolute atomic E-state index is 11.9. The second-order valence-electron chi connectivity index (χ2n) is 4.25. The van der Waals surface area contributed by atoms with Crippen molar-refractivity contribution in [2.24, 2.45) is 0 Å². The van der Waals surface area contributed by atoms with Gasteiger partial charge in [-0.1, -0.05) is 24.6 Å². The van der Waals surface area contributed by atoms with Crippen molar-refractivity contribution in [1.82, 2.24) is 14.7 Å². The second kappa shape index (κ2) is 6.59. The third-order valence-electron chi connectivity index (χ3n) is 2.73. The fraction of sp³-hybridized carbons (Fsp3) is 0.250. The molecule has 10 heteroatoms. The highest BCUT2D eigenvalue weighted by Gasteiger charge is 2.19. The third-order valence-corrected chi connectivity index (χ3v) is 5.77. The largest absolute Gasteiger partial charge is 0.335 e. The van der Waals surface area contributed by atoms with Crippen LogP contribution in [0, 0.1) is 6.92 Å². The van der Waals surface area contributed by atoms with Crippen molar-refractivity contribution in [3.05, 3.63) is 33.9 Å². The van der Waals surface area contributed by atoms with Crippen molar-refractivity contribution in [1.29, 1.82) is 0 Å². The summed E-state index contributed by atoms with van der Waals surface area (Å²) < 4.78 is 25.7. The predicted octanol–water partition coefficient (Wildman–Crippen LogP) is 2.57. The zero-order valence-electron chi connectivity index (χ0n) is 11.8. The molecule has 2 N–H and O–H groups in total. The molecule has 0 saturated carbocycles. The van der Waals surface area contributed by atoms with Gasteiger partial charge in [-0.3, -0.25) is 5.32 Å². The lowest BCUT2D eigenvalue weighted by Gasteiger charge is -2.09. The molecule has 0 saturated heterocycles. The van der Waals surface area contributed by atoms with E-state index in [1.54, 1.807) is 18.4 Å². The van der Waals surface area contributed by atoms with Gasteiger partial charge >= 0.3 is 6.03 Å². The number of anilines is 1. The number of rotatable bonds is 4. The van der Waals surface area contributed by atoms with E-state index < -0.39 is 16.1 Å². The number of hydrogen-bond acceptors (Lipinski definition) is 6. The maximum Gasteiger partial charge on any atom is 0.335 e. The van der Waals surface area contributed by atoms with Gasteiger partial charge in [0.1, 0.15) is 9.36 Å². The number of hydrogen-bond donors (Lipinski definition) is 2. The second-order valence-corrected chi connectivity index (χ2v) is 7.46. The van der Waals surface area contributed by atoms with E-state index in [0.717, 1.165) is 16.9 Å². The molecule has 2 amide bonds. The number of urea groups is 1. The normalized spacial score (nSPS) is 11.2. The van der Waals surface area contributed by atoms with Gasteiger partial charge in [0.15, 0.2) is 0 Å². The van der Waals surface area contributed by atoms with E-state index in [-0.39, 0.29) is 15.3 Å². The van der Waals surface area contributed by atoms with Crippen molar-refractivity contribution >= 4 is 44.9 Å². The van der Waals surface area contributed by atoms with Gasteiger partial charge < -0.3 is 0 Å². The van der Waals surface area contributed by atoms with Crippen molar-refractivity contribution in [3.8, 4) is 0 Å². The molecule has 0 bridgehead atoms. The summed E-state index contributed by atoms with van der Waals surface area (Å²) in [5.74, 6) is -0.0569. The van der Waals surface area contributed by atoms with E-state index >= 15 is 0 Å². The first-order chi connectivity index (χ1) is 10.3. The SMILES string of the molecule is CCc1c(C)nc(NC(=O)NS(=O)(=O)c2cccs2)nc1Cl. The molecule has 22 heavy (non-hydrogen) atoms. The fourth-order valence-electron chi connectivity index (χ4n) is 1.73. The van der Waals surface area contributed by atoms with Crippen LogP contribution in [0.15, 0.2) is 21.7 Å². The number of carbonyl (C=O) groups is 1. The van der Waals surface area contributed by atoms with Crippen molar-refractivity contribution < 1.29 is 13.2 Å². The van der Waals surface area contributed by atoms with Gasteiger partial charge in [0, 0.05) is 11.3 Å². The molecule has 0 atom stereocenters. The summed E-state index contributed by atoms with van der Waals surface area (Å²) in [5, 5.41) is 4.09.